The van der Waals surface area contributed by atoms with Crippen LogP contribution in [-0.2, 0) is 16.0 Å². The average Bonchev–Trinajstić information content (AvgIpc) is 2.29. The maximum atomic E-state index is 12.9. The van der Waals surface area contributed by atoms with E-state index in [-0.39, 0.29) is 5.56 Å². The molecule has 0 saturated heterocycles. The number of rotatable bonds is 4. The zero-order chi connectivity index (χ0) is 14.6. The van der Waals surface area contributed by atoms with Gasteiger partial charge >= 0.3 is 12.1 Å². The van der Waals surface area contributed by atoms with Crippen molar-refractivity contribution in [2.24, 2.45) is 5.92 Å². The topological polar surface area (TPSA) is 26.3 Å². The molecule has 1 rings (SSSR count). The number of hydrogen-bond donors (Lipinski definition) is 0. The van der Waals surface area contributed by atoms with E-state index in [9.17, 15) is 18.0 Å². The fourth-order valence-corrected chi connectivity index (χ4v) is 1.89. The minimum absolute atomic E-state index is 0.0909. The Morgan fingerprint density at radius 2 is 1.74 bits per heavy atom. The van der Waals surface area contributed by atoms with Crippen LogP contribution in [0, 0.1) is 5.92 Å². The molecule has 0 saturated carbocycles. The number of methoxy groups -OCH3 is 1. The van der Waals surface area contributed by atoms with E-state index in [0.717, 1.165) is 19.1 Å². The Labute approximate surface area is 110 Å². The normalized spacial score (nSPS) is 13.4. The fourth-order valence-electron chi connectivity index (χ4n) is 1.89. The highest BCUT2D eigenvalue weighted by atomic mass is 19.4. The lowest BCUT2D eigenvalue weighted by atomic mass is 9.95. The molecule has 0 aromatic heterocycles. The van der Waals surface area contributed by atoms with E-state index in [1.54, 1.807) is 12.1 Å². The molecule has 0 aliphatic rings. The van der Waals surface area contributed by atoms with E-state index in [1.165, 1.54) is 12.1 Å². The van der Waals surface area contributed by atoms with Crippen LogP contribution >= 0.6 is 0 Å². The van der Waals surface area contributed by atoms with Crippen molar-refractivity contribution in [3.05, 3.63) is 35.4 Å². The van der Waals surface area contributed by atoms with Gasteiger partial charge in [0, 0.05) is 0 Å². The molecule has 0 amide bonds. The number of ether oxygens (including phenoxy) is 1. The maximum absolute atomic E-state index is 12.9. The van der Waals surface area contributed by atoms with Crippen molar-refractivity contribution in [2.45, 2.75) is 32.4 Å². The third kappa shape index (κ3) is 4.26. The summed E-state index contributed by atoms with van der Waals surface area (Å²) < 4.78 is 42.8. The lowest BCUT2D eigenvalue weighted by Gasteiger charge is -2.18. The predicted octanol–water partition coefficient (Wildman–Crippen LogP) is 3.70. The molecule has 1 aromatic rings. The molecule has 0 aliphatic carbocycles. The Bertz CT molecular complexity index is 421. The van der Waals surface area contributed by atoms with Crippen molar-refractivity contribution in [3.63, 3.8) is 0 Å². The number of carbonyl (C=O) groups is 1. The maximum Gasteiger partial charge on any atom is 0.406 e. The van der Waals surface area contributed by atoms with E-state index in [2.05, 4.69) is 4.74 Å². The number of esters is 1. The van der Waals surface area contributed by atoms with Crippen LogP contribution in [0.1, 0.15) is 30.9 Å². The van der Waals surface area contributed by atoms with Crippen LogP contribution in [0.2, 0.25) is 0 Å². The van der Waals surface area contributed by atoms with Crippen LogP contribution in [0.4, 0.5) is 13.2 Å². The van der Waals surface area contributed by atoms with Crippen LogP contribution in [-0.4, -0.2) is 19.3 Å². The quantitative estimate of drug-likeness (QED) is 0.782. The number of benzene rings is 1. The summed E-state index contributed by atoms with van der Waals surface area (Å²) in [7, 11) is 0.953. The summed E-state index contributed by atoms with van der Waals surface area (Å²) in [6, 6.07) is 5.92. The SMILES string of the molecule is COC(=O)C(c1ccc(CC(C)C)cc1)C(F)(F)F. The van der Waals surface area contributed by atoms with Crippen molar-refractivity contribution >= 4 is 5.97 Å². The summed E-state index contributed by atoms with van der Waals surface area (Å²) in [6.45, 7) is 4.06. The molecule has 19 heavy (non-hydrogen) atoms. The van der Waals surface area contributed by atoms with Crippen LogP contribution < -0.4 is 0 Å². The van der Waals surface area contributed by atoms with Crippen molar-refractivity contribution < 1.29 is 22.7 Å². The van der Waals surface area contributed by atoms with Crippen molar-refractivity contribution in [2.75, 3.05) is 7.11 Å². The fraction of sp³-hybridized carbons (Fsp3) is 0.500. The molecule has 0 N–H and O–H groups in total. The number of halogens is 3. The lowest BCUT2D eigenvalue weighted by Crippen LogP contribution is -2.29. The summed E-state index contributed by atoms with van der Waals surface area (Å²) in [5.74, 6) is -3.08. The molecule has 1 unspecified atom stereocenters. The molecule has 0 heterocycles. The van der Waals surface area contributed by atoms with Gasteiger partial charge in [0.2, 0.25) is 0 Å². The number of carbonyl (C=O) groups excluding carboxylic acids is 1. The van der Waals surface area contributed by atoms with Gasteiger partial charge in [0.05, 0.1) is 7.11 Å². The number of hydrogen-bond acceptors (Lipinski definition) is 2. The summed E-state index contributed by atoms with van der Waals surface area (Å²) in [6.07, 6.45) is -3.86. The van der Waals surface area contributed by atoms with E-state index in [1.807, 2.05) is 13.8 Å². The van der Waals surface area contributed by atoms with Crippen LogP contribution in [0.3, 0.4) is 0 Å². The van der Waals surface area contributed by atoms with Gasteiger partial charge in [0.25, 0.3) is 0 Å². The second-order valence-corrected chi connectivity index (χ2v) is 4.84. The van der Waals surface area contributed by atoms with Gasteiger partial charge in [-0.1, -0.05) is 38.1 Å². The summed E-state index contributed by atoms with van der Waals surface area (Å²) in [5, 5.41) is 0. The molecular weight excluding hydrogens is 257 g/mol. The second-order valence-electron chi connectivity index (χ2n) is 4.84. The summed E-state index contributed by atoms with van der Waals surface area (Å²) >= 11 is 0. The third-order valence-corrected chi connectivity index (χ3v) is 2.72. The smallest absolute Gasteiger partial charge is 0.406 e. The Hall–Kier alpha value is -1.52. The zero-order valence-electron chi connectivity index (χ0n) is 11.1. The van der Waals surface area contributed by atoms with Gasteiger partial charge < -0.3 is 4.74 Å². The Kier molecular flexibility index (Phi) is 4.97. The van der Waals surface area contributed by atoms with Crippen LogP contribution in [0.5, 0.6) is 0 Å². The minimum atomic E-state index is -4.65. The van der Waals surface area contributed by atoms with Crippen LogP contribution in [0.15, 0.2) is 24.3 Å². The standard InChI is InChI=1S/C14H17F3O2/c1-9(2)8-10-4-6-11(7-5-10)12(13(18)19-3)14(15,16)17/h4-7,9,12H,8H2,1-3H3. The van der Waals surface area contributed by atoms with E-state index < -0.39 is 18.1 Å². The Balaban J connectivity index is 3.01. The van der Waals surface area contributed by atoms with Gasteiger partial charge in [0.15, 0.2) is 5.92 Å². The van der Waals surface area contributed by atoms with Gasteiger partial charge in [-0.3, -0.25) is 4.79 Å². The van der Waals surface area contributed by atoms with E-state index >= 15 is 0 Å². The highest BCUT2D eigenvalue weighted by molar-refractivity contribution is 5.79. The third-order valence-electron chi connectivity index (χ3n) is 2.72. The van der Waals surface area contributed by atoms with Gasteiger partial charge in [-0.05, 0) is 23.5 Å². The molecule has 2 nitrogen and oxygen atoms in total. The highest BCUT2D eigenvalue weighted by Gasteiger charge is 2.46. The van der Waals surface area contributed by atoms with Crippen LogP contribution in [0.25, 0.3) is 0 Å². The van der Waals surface area contributed by atoms with E-state index in [4.69, 9.17) is 0 Å². The highest BCUT2D eigenvalue weighted by Crippen LogP contribution is 2.35. The first kappa shape index (κ1) is 15.5. The first-order valence-corrected chi connectivity index (χ1v) is 5.99. The number of alkyl halides is 3. The summed E-state index contributed by atoms with van der Waals surface area (Å²) in [4.78, 5) is 11.3. The molecule has 0 bridgehead atoms. The van der Waals surface area contributed by atoms with Crippen molar-refractivity contribution in [1.82, 2.24) is 0 Å². The van der Waals surface area contributed by atoms with Gasteiger partial charge in [-0.25, -0.2) is 0 Å². The Morgan fingerprint density at radius 1 is 1.21 bits per heavy atom. The first-order chi connectivity index (χ1) is 8.75. The molecule has 0 radical (unpaired) electrons. The van der Waals surface area contributed by atoms with Gasteiger partial charge in [-0.15, -0.1) is 0 Å². The van der Waals surface area contributed by atoms with Gasteiger partial charge in [0.1, 0.15) is 0 Å². The molecule has 106 valence electrons. The monoisotopic (exact) mass is 274 g/mol. The molecule has 0 spiro atoms. The molecular formula is C14H17F3O2. The zero-order valence-corrected chi connectivity index (χ0v) is 11.1. The molecule has 1 aromatic carbocycles. The van der Waals surface area contributed by atoms with E-state index in [0.29, 0.717) is 5.92 Å². The molecule has 5 heteroatoms. The Morgan fingerprint density at radius 3 is 2.11 bits per heavy atom. The predicted molar refractivity (Wildman–Crippen MR) is 65.8 cm³/mol. The lowest BCUT2D eigenvalue weighted by molar-refractivity contribution is -0.179. The minimum Gasteiger partial charge on any atom is -0.468 e. The molecule has 1 atom stereocenters. The summed E-state index contributed by atoms with van der Waals surface area (Å²) in [5.41, 5.74) is 0.858. The van der Waals surface area contributed by atoms with Crippen molar-refractivity contribution in [3.8, 4) is 0 Å². The first-order valence-electron chi connectivity index (χ1n) is 5.99. The molecule has 0 aliphatic heterocycles. The largest absolute Gasteiger partial charge is 0.468 e. The van der Waals surface area contributed by atoms with Crippen molar-refractivity contribution in [1.29, 1.82) is 0 Å². The van der Waals surface area contributed by atoms with Gasteiger partial charge in [-0.2, -0.15) is 13.2 Å². The molecule has 0 fully saturated rings. The second kappa shape index (κ2) is 6.08. The average molecular weight is 274 g/mol.